The molecule has 0 spiro atoms. The van der Waals surface area contributed by atoms with Crippen LogP contribution in [0.4, 0.5) is 0 Å². The molecule has 2 heterocycles. The van der Waals surface area contributed by atoms with Gasteiger partial charge in [0.2, 0.25) is 0 Å². The van der Waals surface area contributed by atoms with Gasteiger partial charge in [0.25, 0.3) is 5.91 Å². The molecule has 1 N–H and O–H groups in total. The van der Waals surface area contributed by atoms with Gasteiger partial charge in [0.1, 0.15) is 11.5 Å². The van der Waals surface area contributed by atoms with E-state index in [1.165, 1.54) is 0 Å². The fourth-order valence-electron chi connectivity index (χ4n) is 3.07. The summed E-state index contributed by atoms with van der Waals surface area (Å²) in [6, 6.07) is 12.6. The molecular weight excluding hydrogens is 356 g/mol. The number of fused-ring (bicyclic) bond motifs is 1. The number of benzene rings is 1. The van der Waals surface area contributed by atoms with Crippen molar-refractivity contribution in [1.29, 1.82) is 0 Å². The summed E-state index contributed by atoms with van der Waals surface area (Å²) >= 11 is 0. The molecule has 0 aliphatic carbocycles. The molecule has 1 amide bonds. The molecule has 0 saturated carbocycles. The van der Waals surface area contributed by atoms with Gasteiger partial charge in [0.05, 0.1) is 11.1 Å². The van der Waals surface area contributed by atoms with Gasteiger partial charge in [-0.1, -0.05) is 31.5 Å². The van der Waals surface area contributed by atoms with Gasteiger partial charge in [0.15, 0.2) is 12.4 Å². The van der Waals surface area contributed by atoms with E-state index in [0.717, 1.165) is 18.6 Å². The number of esters is 1. The van der Waals surface area contributed by atoms with Gasteiger partial charge >= 0.3 is 5.97 Å². The SMILES string of the molecule is CCC[C@@H](C)NC(=O)COC(=O)c1cc(-c2ccc(C)o2)nc2ccccc12. The summed E-state index contributed by atoms with van der Waals surface area (Å²) in [5.41, 5.74) is 1.55. The molecular formula is C22H24N2O4. The van der Waals surface area contributed by atoms with Crippen molar-refractivity contribution in [2.75, 3.05) is 6.61 Å². The van der Waals surface area contributed by atoms with Crippen molar-refractivity contribution in [1.82, 2.24) is 10.3 Å². The van der Waals surface area contributed by atoms with Crippen LogP contribution in [0.2, 0.25) is 0 Å². The Morgan fingerprint density at radius 1 is 1.21 bits per heavy atom. The molecule has 3 rings (SSSR count). The van der Waals surface area contributed by atoms with Crippen LogP contribution in [-0.4, -0.2) is 29.5 Å². The van der Waals surface area contributed by atoms with Gasteiger partial charge in [-0.2, -0.15) is 0 Å². The topological polar surface area (TPSA) is 81.4 Å². The zero-order chi connectivity index (χ0) is 20.1. The number of furan rings is 1. The van der Waals surface area contributed by atoms with Gasteiger partial charge in [-0.3, -0.25) is 4.79 Å². The van der Waals surface area contributed by atoms with Gasteiger partial charge in [-0.25, -0.2) is 9.78 Å². The Morgan fingerprint density at radius 3 is 2.71 bits per heavy atom. The quantitative estimate of drug-likeness (QED) is 0.619. The third kappa shape index (κ3) is 4.57. The summed E-state index contributed by atoms with van der Waals surface area (Å²) in [6.07, 6.45) is 1.85. The molecule has 1 aromatic carbocycles. The van der Waals surface area contributed by atoms with E-state index >= 15 is 0 Å². The number of nitrogens with one attached hydrogen (secondary N) is 1. The summed E-state index contributed by atoms with van der Waals surface area (Å²) in [4.78, 5) is 29.3. The number of carbonyl (C=O) groups excluding carboxylic acids is 2. The molecule has 0 aliphatic heterocycles. The van der Waals surface area contributed by atoms with Crippen LogP contribution in [0.1, 0.15) is 42.8 Å². The lowest BCUT2D eigenvalue weighted by Crippen LogP contribution is -2.35. The second kappa shape index (κ2) is 8.69. The van der Waals surface area contributed by atoms with E-state index in [1.807, 2.05) is 44.2 Å². The van der Waals surface area contributed by atoms with Crippen molar-refractivity contribution in [3.8, 4) is 11.5 Å². The Balaban J connectivity index is 1.83. The predicted octanol–water partition coefficient (Wildman–Crippen LogP) is 4.26. The summed E-state index contributed by atoms with van der Waals surface area (Å²) in [5, 5.41) is 3.49. The van der Waals surface area contributed by atoms with E-state index in [9.17, 15) is 9.59 Å². The third-order valence-corrected chi connectivity index (χ3v) is 4.39. The Bertz CT molecular complexity index is 993. The predicted molar refractivity (Wildman–Crippen MR) is 107 cm³/mol. The second-order valence-corrected chi connectivity index (χ2v) is 6.82. The number of nitrogens with zero attached hydrogens (tertiary/aromatic N) is 1. The van der Waals surface area contributed by atoms with Gasteiger partial charge in [0, 0.05) is 11.4 Å². The van der Waals surface area contributed by atoms with Crippen LogP contribution in [-0.2, 0) is 9.53 Å². The third-order valence-electron chi connectivity index (χ3n) is 4.39. The molecule has 0 saturated heterocycles. The molecule has 0 bridgehead atoms. The second-order valence-electron chi connectivity index (χ2n) is 6.82. The van der Waals surface area contributed by atoms with Crippen molar-refractivity contribution in [3.63, 3.8) is 0 Å². The van der Waals surface area contributed by atoms with E-state index in [1.54, 1.807) is 12.1 Å². The van der Waals surface area contributed by atoms with E-state index in [4.69, 9.17) is 9.15 Å². The Morgan fingerprint density at radius 2 is 2.00 bits per heavy atom. The number of hydrogen-bond donors (Lipinski definition) is 1. The van der Waals surface area contributed by atoms with Crippen LogP contribution in [0.15, 0.2) is 46.9 Å². The number of carbonyl (C=O) groups is 2. The minimum atomic E-state index is -0.568. The number of aromatic nitrogens is 1. The lowest BCUT2D eigenvalue weighted by atomic mass is 10.1. The van der Waals surface area contributed by atoms with Crippen LogP contribution in [0.25, 0.3) is 22.4 Å². The maximum absolute atomic E-state index is 12.7. The highest BCUT2D eigenvalue weighted by molar-refractivity contribution is 6.05. The van der Waals surface area contributed by atoms with Crippen molar-refractivity contribution in [2.45, 2.75) is 39.7 Å². The molecule has 146 valence electrons. The van der Waals surface area contributed by atoms with E-state index in [2.05, 4.69) is 17.2 Å². The number of pyridine rings is 1. The minimum absolute atomic E-state index is 0.0479. The summed E-state index contributed by atoms with van der Waals surface area (Å²) < 4.78 is 10.9. The van der Waals surface area contributed by atoms with Crippen molar-refractivity contribution >= 4 is 22.8 Å². The number of para-hydroxylation sites is 1. The van der Waals surface area contributed by atoms with Crippen molar-refractivity contribution in [3.05, 3.63) is 53.8 Å². The highest BCUT2D eigenvalue weighted by atomic mass is 16.5. The summed E-state index contributed by atoms with van der Waals surface area (Å²) in [6.45, 7) is 5.50. The lowest BCUT2D eigenvalue weighted by molar-refractivity contribution is -0.124. The fourth-order valence-corrected chi connectivity index (χ4v) is 3.07. The monoisotopic (exact) mass is 380 g/mol. The van der Waals surface area contributed by atoms with Crippen LogP contribution in [0, 0.1) is 6.92 Å². The smallest absolute Gasteiger partial charge is 0.339 e. The molecule has 28 heavy (non-hydrogen) atoms. The Kier molecular flexibility index (Phi) is 6.09. The van der Waals surface area contributed by atoms with E-state index < -0.39 is 5.97 Å². The van der Waals surface area contributed by atoms with Crippen LogP contribution in [0.3, 0.4) is 0 Å². The zero-order valence-corrected chi connectivity index (χ0v) is 16.3. The molecule has 0 radical (unpaired) electrons. The van der Waals surface area contributed by atoms with E-state index in [-0.39, 0.29) is 18.6 Å². The van der Waals surface area contributed by atoms with Crippen LogP contribution in [0.5, 0.6) is 0 Å². The first-order valence-electron chi connectivity index (χ1n) is 9.41. The number of rotatable bonds is 7. The highest BCUT2D eigenvalue weighted by Gasteiger charge is 2.18. The number of aryl methyl sites for hydroxylation is 1. The number of amides is 1. The maximum Gasteiger partial charge on any atom is 0.339 e. The van der Waals surface area contributed by atoms with Gasteiger partial charge in [-0.15, -0.1) is 0 Å². The molecule has 1 atom stereocenters. The normalized spacial score (nSPS) is 12.0. The average molecular weight is 380 g/mol. The Hall–Kier alpha value is -3.15. The molecule has 0 aliphatic rings. The minimum Gasteiger partial charge on any atom is -0.460 e. The number of hydrogen-bond acceptors (Lipinski definition) is 5. The molecule has 0 fully saturated rings. The molecule has 0 unspecified atom stereocenters. The van der Waals surface area contributed by atoms with Crippen molar-refractivity contribution in [2.24, 2.45) is 0 Å². The zero-order valence-electron chi connectivity index (χ0n) is 16.3. The van der Waals surface area contributed by atoms with Gasteiger partial charge in [-0.05, 0) is 44.5 Å². The first-order valence-corrected chi connectivity index (χ1v) is 9.41. The summed E-state index contributed by atoms with van der Waals surface area (Å²) in [7, 11) is 0. The highest BCUT2D eigenvalue weighted by Crippen LogP contribution is 2.26. The standard InChI is InChI=1S/C22H24N2O4/c1-4-7-14(2)23-21(25)13-27-22(26)17-12-19(20-11-10-15(3)28-20)24-18-9-6-5-8-16(17)18/h5-6,8-12,14H,4,7,13H2,1-3H3,(H,23,25)/t14-/m1/s1. The average Bonchev–Trinajstić information content (AvgIpc) is 3.11. The fraction of sp³-hybridized carbons (Fsp3) is 0.318. The number of ether oxygens (including phenoxy) is 1. The Labute approximate surface area is 163 Å². The lowest BCUT2D eigenvalue weighted by Gasteiger charge is -2.13. The van der Waals surface area contributed by atoms with Crippen LogP contribution >= 0.6 is 0 Å². The summed E-state index contributed by atoms with van der Waals surface area (Å²) in [5.74, 6) is 0.450. The van der Waals surface area contributed by atoms with Crippen molar-refractivity contribution < 1.29 is 18.7 Å². The molecule has 6 nitrogen and oxygen atoms in total. The molecule has 2 aromatic heterocycles. The first-order chi connectivity index (χ1) is 13.5. The van der Waals surface area contributed by atoms with Gasteiger partial charge < -0.3 is 14.5 Å². The molecule has 6 heteroatoms. The maximum atomic E-state index is 12.7. The molecule has 3 aromatic rings. The van der Waals surface area contributed by atoms with E-state index in [0.29, 0.717) is 27.9 Å². The first kappa shape index (κ1) is 19.6. The van der Waals surface area contributed by atoms with Crippen LogP contribution < -0.4 is 5.32 Å². The largest absolute Gasteiger partial charge is 0.460 e.